The number of aromatic amines is 2. The van der Waals surface area contributed by atoms with Gasteiger partial charge in [0.2, 0.25) is 10.0 Å². The van der Waals surface area contributed by atoms with Crippen molar-refractivity contribution in [3.05, 3.63) is 58.5 Å². The number of sulfonamides is 1. The van der Waals surface area contributed by atoms with Gasteiger partial charge in [0.25, 0.3) is 0 Å². The van der Waals surface area contributed by atoms with Crippen LogP contribution in [0, 0.1) is 11.8 Å². The summed E-state index contributed by atoms with van der Waals surface area (Å²) in [6, 6.07) is 11.9. The molecule has 0 radical (unpaired) electrons. The molecule has 0 unspecified atom stereocenters. The van der Waals surface area contributed by atoms with Crippen LogP contribution in [0.5, 0.6) is 5.75 Å². The molecule has 0 amide bonds. The van der Waals surface area contributed by atoms with E-state index >= 15 is 0 Å². The van der Waals surface area contributed by atoms with Crippen molar-refractivity contribution in [2.75, 3.05) is 20.2 Å². The minimum atomic E-state index is -3.75. The highest BCUT2D eigenvalue weighted by Crippen LogP contribution is 2.51. The Kier molecular flexibility index (Phi) is 4.32. The van der Waals surface area contributed by atoms with Crippen LogP contribution in [0.2, 0.25) is 0 Å². The molecule has 1 aliphatic heterocycles. The number of aliphatic hydroxyl groups is 1. The Balaban J connectivity index is 1.46. The maximum absolute atomic E-state index is 13.3. The number of H-pyrrole nitrogens is 2. The Bertz CT molecular complexity index is 1280. The molecule has 158 valence electrons. The van der Waals surface area contributed by atoms with E-state index in [9.17, 15) is 18.3 Å². The molecule has 2 aliphatic rings. The lowest BCUT2D eigenvalue weighted by Crippen LogP contribution is -2.36. The zero-order valence-corrected chi connectivity index (χ0v) is 17.3. The van der Waals surface area contributed by atoms with Gasteiger partial charge in [0.1, 0.15) is 5.75 Å². The predicted octanol–water partition coefficient (Wildman–Crippen LogP) is 1.78. The summed E-state index contributed by atoms with van der Waals surface area (Å²) < 4.78 is 33.3. The van der Waals surface area contributed by atoms with Crippen molar-refractivity contribution in [3.8, 4) is 5.75 Å². The van der Waals surface area contributed by atoms with E-state index in [0.717, 1.165) is 12.0 Å². The van der Waals surface area contributed by atoms with Crippen LogP contribution in [0.3, 0.4) is 0 Å². The second kappa shape index (κ2) is 6.69. The lowest BCUT2D eigenvalue weighted by Gasteiger charge is -2.31. The summed E-state index contributed by atoms with van der Waals surface area (Å²) in [5, 5.41) is 11.5. The number of imidazole rings is 1. The topological polar surface area (TPSA) is 115 Å². The van der Waals surface area contributed by atoms with Crippen molar-refractivity contribution in [2.45, 2.75) is 23.3 Å². The maximum Gasteiger partial charge on any atom is 0.323 e. The molecule has 0 bridgehead atoms. The summed E-state index contributed by atoms with van der Waals surface area (Å²) in [4.78, 5) is 16.8. The van der Waals surface area contributed by atoms with Crippen molar-refractivity contribution in [2.24, 2.45) is 11.8 Å². The summed E-state index contributed by atoms with van der Waals surface area (Å²) >= 11 is 0. The van der Waals surface area contributed by atoms with Crippen LogP contribution in [-0.2, 0) is 15.6 Å². The van der Waals surface area contributed by atoms with E-state index in [1.54, 1.807) is 13.2 Å². The lowest BCUT2D eigenvalue weighted by atomic mass is 9.82. The Labute approximate surface area is 173 Å². The number of nitrogens with zero attached hydrogens (tertiary/aromatic N) is 1. The third kappa shape index (κ3) is 2.88. The van der Waals surface area contributed by atoms with Crippen LogP contribution in [-0.4, -0.2) is 48.0 Å². The van der Waals surface area contributed by atoms with E-state index in [1.807, 2.05) is 24.3 Å². The number of fused-ring (bicyclic) bond motifs is 2. The molecule has 2 aromatic carbocycles. The van der Waals surface area contributed by atoms with Gasteiger partial charge in [-0.1, -0.05) is 12.1 Å². The van der Waals surface area contributed by atoms with Gasteiger partial charge in [-0.2, -0.15) is 4.31 Å². The lowest BCUT2D eigenvalue weighted by molar-refractivity contribution is -0.00416. The van der Waals surface area contributed by atoms with Gasteiger partial charge in [-0.3, -0.25) is 0 Å². The molecule has 8 nitrogen and oxygen atoms in total. The average Bonchev–Trinajstić information content (AvgIpc) is 3.42. The third-order valence-corrected chi connectivity index (χ3v) is 8.44. The first-order valence-corrected chi connectivity index (χ1v) is 11.3. The zero-order valence-electron chi connectivity index (χ0n) is 16.5. The van der Waals surface area contributed by atoms with E-state index in [-0.39, 0.29) is 29.0 Å². The fraction of sp³-hybridized carbons (Fsp3) is 0.381. The van der Waals surface area contributed by atoms with Crippen molar-refractivity contribution in [1.82, 2.24) is 14.3 Å². The summed E-state index contributed by atoms with van der Waals surface area (Å²) in [6.45, 7) is 0.628. The molecule has 1 aliphatic carbocycles. The molecule has 3 atom stereocenters. The van der Waals surface area contributed by atoms with E-state index in [0.29, 0.717) is 29.7 Å². The van der Waals surface area contributed by atoms with E-state index in [2.05, 4.69) is 9.97 Å². The SMILES string of the molecule is COc1cccc([C@]2(O)CC[C@H]3CN(S(=O)(=O)c4ccc5[nH]c(=O)[nH]c5c4)C[C@@H]32)c1. The number of ether oxygens (including phenoxy) is 1. The van der Waals surface area contributed by atoms with Crippen molar-refractivity contribution in [3.63, 3.8) is 0 Å². The Morgan fingerprint density at radius 1 is 1.13 bits per heavy atom. The minimum absolute atomic E-state index is 0.0896. The second-order valence-electron chi connectivity index (χ2n) is 8.17. The van der Waals surface area contributed by atoms with Crippen LogP contribution in [0.15, 0.2) is 52.2 Å². The van der Waals surface area contributed by atoms with Gasteiger partial charge in [0, 0.05) is 19.0 Å². The minimum Gasteiger partial charge on any atom is -0.497 e. The quantitative estimate of drug-likeness (QED) is 0.585. The normalized spacial score (nSPS) is 26.9. The van der Waals surface area contributed by atoms with Gasteiger partial charge in [0.15, 0.2) is 0 Å². The first kappa shape index (κ1) is 19.3. The van der Waals surface area contributed by atoms with Crippen molar-refractivity contribution in [1.29, 1.82) is 0 Å². The van der Waals surface area contributed by atoms with Crippen LogP contribution in [0.4, 0.5) is 0 Å². The number of benzene rings is 2. The van der Waals surface area contributed by atoms with Crippen molar-refractivity contribution < 1.29 is 18.3 Å². The number of aromatic nitrogens is 2. The van der Waals surface area contributed by atoms with E-state index in [1.165, 1.54) is 16.4 Å². The molecule has 0 spiro atoms. The monoisotopic (exact) mass is 429 g/mol. The highest BCUT2D eigenvalue weighted by Gasteiger charge is 2.54. The third-order valence-electron chi connectivity index (χ3n) is 6.61. The average molecular weight is 429 g/mol. The zero-order chi connectivity index (χ0) is 21.1. The predicted molar refractivity (Wildman–Crippen MR) is 111 cm³/mol. The molecule has 1 saturated carbocycles. The molecule has 2 heterocycles. The van der Waals surface area contributed by atoms with Crippen LogP contribution >= 0.6 is 0 Å². The molecule has 3 aromatic rings. The summed E-state index contributed by atoms with van der Waals surface area (Å²) in [7, 11) is -2.16. The van der Waals surface area contributed by atoms with Crippen LogP contribution in [0.25, 0.3) is 11.0 Å². The molecule has 9 heteroatoms. The molecule has 5 rings (SSSR count). The molecule has 1 aromatic heterocycles. The van der Waals surface area contributed by atoms with Crippen LogP contribution in [0.1, 0.15) is 18.4 Å². The fourth-order valence-corrected chi connectivity index (χ4v) is 6.57. The largest absolute Gasteiger partial charge is 0.497 e. The molecule has 1 saturated heterocycles. The molecular weight excluding hydrogens is 406 g/mol. The highest BCUT2D eigenvalue weighted by atomic mass is 32.2. The number of rotatable bonds is 4. The summed E-state index contributed by atoms with van der Waals surface area (Å²) in [5.41, 5.74) is 0.316. The second-order valence-corrected chi connectivity index (χ2v) is 10.1. The first-order valence-electron chi connectivity index (χ1n) is 9.90. The highest BCUT2D eigenvalue weighted by molar-refractivity contribution is 7.89. The standard InChI is InChI=1S/C21H23N3O5S/c1-29-15-4-2-3-14(9-15)21(26)8-7-13-11-24(12-17(13)21)30(27,28)16-5-6-18-19(10-16)23-20(25)22-18/h2-6,9-10,13,17,26H,7-8,11-12H2,1H3,(H2,22,23,25)/t13-,17-,21+/m0/s1. The van der Waals surface area contributed by atoms with E-state index in [4.69, 9.17) is 4.74 Å². The maximum atomic E-state index is 13.3. The molecule has 3 N–H and O–H groups in total. The van der Waals surface area contributed by atoms with Gasteiger partial charge in [0.05, 0.1) is 28.6 Å². The molecular formula is C21H23N3O5S. The number of nitrogens with one attached hydrogen (secondary N) is 2. The van der Waals surface area contributed by atoms with Gasteiger partial charge < -0.3 is 19.8 Å². The van der Waals surface area contributed by atoms with Gasteiger partial charge in [-0.05, 0) is 54.7 Å². The molecule has 2 fully saturated rings. The summed E-state index contributed by atoms with van der Waals surface area (Å²) in [6.07, 6.45) is 1.36. The van der Waals surface area contributed by atoms with E-state index < -0.39 is 15.6 Å². The first-order chi connectivity index (χ1) is 14.3. The number of hydrogen-bond acceptors (Lipinski definition) is 5. The van der Waals surface area contributed by atoms with Gasteiger partial charge in [-0.25, -0.2) is 13.2 Å². The van der Waals surface area contributed by atoms with Gasteiger partial charge >= 0.3 is 5.69 Å². The summed E-state index contributed by atoms with van der Waals surface area (Å²) in [5.74, 6) is 0.572. The Hall–Kier alpha value is -2.62. The Morgan fingerprint density at radius 3 is 2.73 bits per heavy atom. The Morgan fingerprint density at radius 2 is 1.93 bits per heavy atom. The molecule has 30 heavy (non-hydrogen) atoms. The number of methoxy groups -OCH3 is 1. The van der Waals surface area contributed by atoms with Crippen LogP contribution < -0.4 is 10.4 Å². The fourth-order valence-electron chi connectivity index (χ4n) is 5.02. The van der Waals surface area contributed by atoms with Gasteiger partial charge in [-0.15, -0.1) is 0 Å². The number of hydrogen-bond donors (Lipinski definition) is 3. The van der Waals surface area contributed by atoms with Crippen molar-refractivity contribution >= 4 is 21.1 Å². The smallest absolute Gasteiger partial charge is 0.323 e.